The maximum absolute atomic E-state index is 15.4. The SMILES string of the molecule is C=NC(N)=Nc1cccc(-c2c(F)ccc(NS(=O)(=O)c3cc(Cl)cnc3OC)c2F)c1C. The molecular formula is C21H18ClF2N5O3S. The van der Waals surface area contributed by atoms with Crippen molar-refractivity contribution in [3.8, 4) is 17.0 Å². The van der Waals surface area contributed by atoms with Gasteiger partial charge in [0.15, 0.2) is 10.7 Å². The normalized spacial score (nSPS) is 11.8. The molecule has 0 unspecified atom stereocenters. The van der Waals surface area contributed by atoms with E-state index in [1.807, 2.05) is 0 Å². The molecule has 0 aliphatic carbocycles. The lowest BCUT2D eigenvalue weighted by atomic mass is 9.97. The summed E-state index contributed by atoms with van der Waals surface area (Å²) in [5.74, 6) is -2.41. The number of aromatic nitrogens is 1. The van der Waals surface area contributed by atoms with Crippen LogP contribution in [0.25, 0.3) is 11.1 Å². The second-order valence-electron chi connectivity index (χ2n) is 6.63. The van der Waals surface area contributed by atoms with Crippen LogP contribution in [0.3, 0.4) is 0 Å². The number of hydrogen-bond donors (Lipinski definition) is 2. The molecule has 172 valence electrons. The van der Waals surface area contributed by atoms with Gasteiger partial charge in [0.2, 0.25) is 11.8 Å². The predicted molar refractivity (Wildman–Crippen MR) is 124 cm³/mol. The largest absolute Gasteiger partial charge is 0.480 e. The molecule has 0 radical (unpaired) electrons. The fourth-order valence-electron chi connectivity index (χ4n) is 3.01. The molecule has 0 saturated heterocycles. The minimum atomic E-state index is -4.39. The first-order valence-electron chi connectivity index (χ1n) is 9.20. The van der Waals surface area contributed by atoms with Crippen molar-refractivity contribution < 1.29 is 21.9 Å². The van der Waals surface area contributed by atoms with Crippen LogP contribution in [0.15, 0.2) is 57.5 Å². The second-order valence-corrected chi connectivity index (χ2v) is 8.72. The molecule has 33 heavy (non-hydrogen) atoms. The van der Waals surface area contributed by atoms with Gasteiger partial charge < -0.3 is 10.5 Å². The molecule has 0 amide bonds. The number of ether oxygens (including phenoxy) is 1. The number of rotatable bonds is 6. The topological polar surface area (TPSA) is 119 Å². The molecule has 0 bridgehead atoms. The van der Waals surface area contributed by atoms with Crippen molar-refractivity contribution in [2.24, 2.45) is 15.7 Å². The van der Waals surface area contributed by atoms with Crippen LogP contribution in [0.2, 0.25) is 5.02 Å². The molecule has 8 nitrogen and oxygen atoms in total. The highest BCUT2D eigenvalue weighted by atomic mass is 35.5. The molecule has 3 rings (SSSR count). The maximum atomic E-state index is 15.4. The van der Waals surface area contributed by atoms with Gasteiger partial charge in [-0.25, -0.2) is 32.2 Å². The van der Waals surface area contributed by atoms with Gasteiger partial charge in [0, 0.05) is 6.20 Å². The zero-order chi connectivity index (χ0) is 24.3. The van der Waals surface area contributed by atoms with Crippen LogP contribution in [0.1, 0.15) is 5.56 Å². The van der Waals surface area contributed by atoms with Gasteiger partial charge >= 0.3 is 0 Å². The van der Waals surface area contributed by atoms with E-state index in [1.165, 1.54) is 25.4 Å². The highest BCUT2D eigenvalue weighted by molar-refractivity contribution is 7.92. The third-order valence-corrected chi connectivity index (χ3v) is 6.14. The van der Waals surface area contributed by atoms with Gasteiger partial charge in [-0.05, 0) is 49.0 Å². The van der Waals surface area contributed by atoms with Crippen molar-refractivity contribution in [3.63, 3.8) is 0 Å². The highest BCUT2D eigenvalue weighted by Gasteiger charge is 2.25. The summed E-state index contributed by atoms with van der Waals surface area (Å²) in [6.07, 6.45) is 1.20. The number of aliphatic imine (C=N–C) groups is 2. The van der Waals surface area contributed by atoms with E-state index in [0.717, 1.165) is 18.2 Å². The quantitative estimate of drug-likeness (QED) is 0.388. The van der Waals surface area contributed by atoms with E-state index in [9.17, 15) is 12.8 Å². The molecule has 0 aliphatic rings. The number of guanidine groups is 1. The van der Waals surface area contributed by atoms with Crippen LogP contribution in [0, 0.1) is 18.6 Å². The first-order valence-corrected chi connectivity index (χ1v) is 11.1. The molecular weight excluding hydrogens is 476 g/mol. The van der Waals surface area contributed by atoms with E-state index in [-0.39, 0.29) is 22.4 Å². The Morgan fingerprint density at radius 1 is 1.27 bits per heavy atom. The predicted octanol–water partition coefficient (Wildman–Crippen LogP) is 4.44. The first kappa shape index (κ1) is 24.1. The van der Waals surface area contributed by atoms with Crippen LogP contribution in [0.4, 0.5) is 20.2 Å². The summed E-state index contributed by atoms with van der Waals surface area (Å²) in [4.78, 5) is 10.9. The van der Waals surface area contributed by atoms with E-state index in [4.69, 9.17) is 22.1 Å². The number of benzene rings is 2. The molecule has 1 aromatic heterocycles. The van der Waals surface area contributed by atoms with Gasteiger partial charge in [0.25, 0.3) is 10.0 Å². The number of nitrogens with one attached hydrogen (secondary N) is 1. The van der Waals surface area contributed by atoms with Crippen LogP contribution in [-0.2, 0) is 10.0 Å². The van der Waals surface area contributed by atoms with Gasteiger partial charge in [-0.2, -0.15) is 0 Å². The second kappa shape index (κ2) is 9.51. The molecule has 0 saturated carbocycles. The molecule has 3 aromatic rings. The summed E-state index contributed by atoms with van der Waals surface area (Å²) >= 11 is 5.85. The van der Waals surface area contributed by atoms with E-state index in [2.05, 4.69) is 26.4 Å². The minimum Gasteiger partial charge on any atom is -0.480 e. The van der Waals surface area contributed by atoms with Gasteiger partial charge in [-0.3, -0.25) is 4.72 Å². The van der Waals surface area contributed by atoms with Crippen molar-refractivity contribution in [2.45, 2.75) is 11.8 Å². The van der Waals surface area contributed by atoms with E-state index in [0.29, 0.717) is 11.3 Å². The average Bonchev–Trinajstić information content (AvgIpc) is 2.78. The van der Waals surface area contributed by atoms with Crippen molar-refractivity contribution in [2.75, 3.05) is 11.8 Å². The lowest BCUT2D eigenvalue weighted by Gasteiger charge is -2.15. The summed E-state index contributed by atoms with van der Waals surface area (Å²) < 4.78 is 63.0. The van der Waals surface area contributed by atoms with Crippen molar-refractivity contribution in [1.82, 2.24) is 4.98 Å². The summed E-state index contributed by atoms with van der Waals surface area (Å²) in [5, 5.41) is 0.0257. The molecule has 12 heteroatoms. The van der Waals surface area contributed by atoms with E-state index < -0.39 is 37.8 Å². The summed E-state index contributed by atoms with van der Waals surface area (Å²) in [6, 6.07) is 7.58. The van der Waals surface area contributed by atoms with Crippen molar-refractivity contribution >= 4 is 45.7 Å². The Hall–Kier alpha value is -3.57. The zero-order valence-electron chi connectivity index (χ0n) is 17.4. The van der Waals surface area contributed by atoms with Crippen LogP contribution in [-0.4, -0.2) is 33.2 Å². The van der Waals surface area contributed by atoms with Crippen LogP contribution < -0.4 is 15.2 Å². The molecule has 0 spiro atoms. The lowest BCUT2D eigenvalue weighted by Crippen LogP contribution is -2.16. The lowest BCUT2D eigenvalue weighted by molar-refractivity contribution is 0.385. The maximum Gasteiger partial charge on any atom is 0.267 e. The smallest absolute Gasteiger partial charge is 0.267 e. The molecule has 1 heterocycles. The Balaban J connectivity index is 2.13. The fourth-order valence-corrected chi connectivity index (χ4v) is 4.43. The van der Waals surface area contributed by atoms with E-state index >= 15 is 4.39 Å². The monoisotopic (exact) mass is 493 g/mol. The van der Waals surface area contributed by atoms with Gasteiger partial charge in [0.1, 0.15) is 5.82 Å². The molecule has 0 aliphatic heterocycles. The Morgan fingerprint density at radius 3 is 2.67 bits per heavy atom. The average molecular weight is 494 g/mol. The Bertz CT molecular complexity index is 1380. The summed E-state index contributed by atoms with van der Waals surface area (Å²) in [7, 11) is -3.17. The first-order chi connectivity index (χ1) is 15.6. The van der Waals surface area contributed by atoms with Crippen LogP contribution >= 0.6 is 11.6 Å². The van der Waals surface area contributed by atoms with Crippen LogP contribution in [0.5, 0.6) is 5.88 Å². The fraction of sp³-hybridized carbons (Fsp3) is 0.0952. The molecule has 0 fully saturated rings. The molecule has 2 aromatic carbocycles. The third kappa shape index (κ3) is 4.94. The number of sulfonamides is 1. The highest BCUT2D eigenvalue weighted by Crippen LogP contribution is 2.37. The minimum absolute atomic E-state index is 0.0257. The van der Waals surface area contributed by atoms with Gasteiger partial charge in [-0.1, -0.05) is 23.7 Å². The Labute approximate surface area is 193 Å². The number of pyridine rings is 1. The van der Waals surface area contributed by atoms with Crippen molar-refractivity contribution in [3.05, 3.63) is 64.8 Å². The Morgan fingerprint density at radius 2 is 2.00 bits per heavy atom. The number of anilines is 1. The number of hydrogen-bond acceptors (Lipinski definition) is 5. The van der Waals surface area contributed by atoms with Gasteiger partial charge in [-0.15, -0.1) is 0 Å². The van der Waals surface area contributed by atoms with Gasteiger partial charge in [0.05, 0.1) is 29.1 Å². The standard InChI is InChI=1S/C21H18ClF2N5O3S/c1-11-13(5-4-6-15(11)28-21(25)26-2)18-14(23)7-8-16(19(18)24)29-33(30,31)17-9-12(22)10-27-20(17)32-3/h4-10,29H,2H2,1,3H3,(H2,25,28). The van der Waals surface area contributed by atoms with E-state index in [1.54, 1.807) is 13.0 Å². The summed E-state index contributed by atoms with van der Waals surface area (Å²) in [6.45, 7) is 4.86. The molecule has 0 atom stereocenters. The van der Waals surface area contributed by atoms with Crippen molar-refractivity contribution in [1.29, 1.82) is 0 Å². The zero-order valence-corrected chi connectivity index (χ0v) is 19.0. The number of methoxy groups -OCH3 is 1. The Kier molecular flexibility index (Phi) is 6.94. The third-order valence-electron chi connectivity index (χ3n) is 4.57. The number of nitrogens with two attached hydrogens (primary N) is 1. The molecule has 3 N–H and O–H groups in total. The summed E-state index contributed by atoms with van der Waals surface area (Å²) in [5.41, 5.74) is 5.48. The number of halogens is 3. The number of nitrogens with zero attached hydrogens (tertiary/aromatic N) is 3.